The summed E-state index contributed by atoms with van der Waals surface area (Å²) in [5.41, 5.74) is 3.99. The summed E-state index contributed by atoms with van der Waals surface area (Å²) in [5.74, 6) is 1.30. The van der Waals surface area contributed by atoms with Crippen molar-refractivity contribution in [2.45, 2.75) is 19.1 Å². The molecule has 1 heterocycles. The van der Waals surface area contributed by atoms with Gasteiger partial charge in [-0.2, -0.15) is 0 Å². The average Bonchev–Trinajstić information content (AvgIpc) is 2.99. The normalized spacial score (nSPS) is 12.3. The molecule has 0 aliphatic carbocycles. The molecule has 4 nitrogen and oxygen atoms in total. The summed E-state index contributed by atoms with van der Waals surface area (Å²) in [6, 6.07) is 15.8. The molecule has 23 heavy (non-hydrogen) atoms. The molecule has 2 N–H and O–H groups in total. The van der Waals surface area contributed by atoms with Gasteiger partial charge in [0.15, 0.2) is 0 Å². The Labute approximate surface area is 139 Å². The Kier molecular flexibility index (Phi) is 4.67. The van der Waals surface area contributed by atoms with E-state index < -0.39 is 0 Å². The van der Waals surface area contributed by atoms with Crippen LogP contribution in [0.25, 0.3) is 11.0 Å². The SMILES string of the molecule is Cc1ccc(NC(=O)CS[C@H](C)c2nc3ccccc3[nH]2)cc1. The minimum absolute atomic E-state index is 0.00168. The van der Waals surface area contributed by atoms with Crippen molar-refractivity contribution in [3.05, 3.63) is 59.9 Å². The molecule has 0 aliphatic rings. The van der Waals surface area contributed by atoms with Gasteiger partial charge in [0, 0.05) is 5.69 Å². The van der Waals surface area contributed by atoms with E-state index in [-0.39, 0.29) is 11.2 Å². The first-order valence-corrected chi connectivity index (χ1v) is 8.59. The van der Waals surface area contributed by atoms with Crippen LogP contribution < -0.4 is 5.32 Å². The van der Waals surface area contributed by atoms with Crippen molar-refractivity contribution in [2.75, 3.05) is 11.1 Å². The highest BCUT2D eigenvalue weighted by Gasteiger charge is 2.13. The molecule has 5 heteroatoms. The third kappa shape index (κ3) is 3.93. The second kappa shape index (κ2) is 6.87. The van der Waals surface area contributed by atoms with Crippen LogP contribution in [0.2, 0.25) is 0 Å². The van der Waals surface area contributed by atoms with Crippen LogP contribution in [-0.4, -0.2) is 21.6 Å². The molecular formula is C18H19N3OS. The van der Waals surface area contributed by atoms with Crippen molar-refractivity contribution in [1.82, 2.24) is 9.97 Å². The summed E-state index contributed by atoms with van der Waals surface area (Å²) in [6.45, 7) is 4.08. The van der Waals surface area contributed by atoms with Crippen LogP contribution in [0.4, 0.5) is 5.69 Å². The number of imidazole rings is 1. The molecule has 1 aromatic heterocycles. The Morgan fingerprint density at radius 3 is 2.70 bits per heavy atom. The molecule has 1 amide bonds. The Balaban J connectivity index is 1.56. The van der Waals surface area contributed by atoms with E-state index in [0.717, 1.165) is 22.5 Å². The summed E-state index contributed by atoms with van der Waals surface area (Å²) in [5, 5.41) is 3.04. The zero-order valence-corrected chi connectivity index (χ0v) is 14.0. The van der Waals surface area contributed by atoms with E-state index in [9.17, 15) is 4.79 Å². The number of anilines is 1. The minimum atomic E-state index is 0.00168. The molecular weight excluding hydrogens is 306 g/mol. The second-order valence-corrected chi connectivity index (χ2v) is 6.84. The number of rotatable bonds is 5. The summed E-state index contributed by atoms with van der Waals surface area (Å²) in [4.78, 5) is 19.9. The molecule has 0 aliphatic heterocycles. The number of aromatic amines is 1. The number of H-pyrrole nitrogens is 1. The maximum absolute atomic E-state index is 12.0. The summed E-state index contributed by atoms with van der Waals surface area (Å²) in [7, 11) is 0. The number of hydrogen-bond donors (Lipinski definition) is 2. The molecule has 0 saturated carbocycles. The average molecular weight is 325 g/mol. The first-order valence-electron chi connectivity index (χ1n) is 7.54. The molecule has 3 rings (SSSR count). The molecule has 0 bridgehead atoms. The van der Waals surface area contributed by atoms with Crippen molar-refractivity contribution in [3.8, 4) is 0 Å². The van der Waals surface area contributed by atoms with Gasteiger partial charge in [-0.15, -0.1) is 11.8 Å². The second-order valence-electron chi connectivity index (χ2n) is 5.51. The van der Waals surface area contributed by atoms with Gasteiger partial charge in [-0.3, -0.25) is 4.79 Å². The molecule has 0 unspecified atom stereocenters. The van der Waals surface area contributed by atoms with Crippen LogP contribution >= 0.6 is 11.8 Å². The van der Waals surface area contributed by atoms with E-state index in [0.29, 0.717) is 5.75 Å². The first kappa shape index (κ1) is 15.6. The standard InChI is InChI=1S/C18H19N3OS/c1-12-7-9-14(10-8-12)19-17(22)11-23-13(2)18-20-15-5-3-4-6-16(15)21-18/h3-10,13H,11H2,1-2H3,(H,19,22)(H,20,21)/t13-/m1/s1. The lowest BCUT2D eigenvalue weighted by atomic mass is 10.2. The molecule has 0 fully saturated rings. The summed E-state index contributed by atoms with van der Waals surface area (Å²) in [6.07, 6.45) is 0. The topological polar surface area (TPSA) is 57.8 Å². The van der Waals surface area contributed by atoms with E-state index in [4.69, 9.17) is 0 Å². The predicted molar refractivity (Wildman–Crippen MR) is 96.8 cm³/mol. The van der Waals surface area contributed by atoms with Crippen molar-refractivity contribution < 1.29 is 4.79 Å². The predicted octanol–water partition coefficient (Wildman–Crippen LogP) is 4.30. The van der Waals surface area contributed by atoms with Gasteiger partial charge in [0.25, 0.3) is 0 Å². The maximum atomic E-state index is 12.0. The van der Waals surface area contributed by atoms with Gasteiger partial charge in [0.05, 0.1) is 22.0 Å². The third-order valence-corrected chi connectivity index (χ3v) is 4.74. The van der Waals surface area contributed by atoms with Gasteiger partial charge in [-0.05, 0) is 38.1 Å². The van der Waals surface area contributed by atoms with Crippen molar-refractivity contribution in [2.24, 2.45) is 0 Å². The van der Waals surface area contributed by atoms with Crippen molar-refractivity contribution in [3.63, 3.8) is 0 Å². The van der Waals surface area contributed by atoms with Gasteiger partial charge >= 0.3 is 0 Å². The number of thioether (sulfide) groups is 1. The van der Waals surface area contributed by atoms with Gasteiger partial charge < -0.3 is 10.3 Å². The number of carbonyl (C=O) groups excluding carboxylic acids is 1. The highest BCUT2D eigenvalue weighted by molar-refractivity contribution is 8.00. The van der Waals surface area contributed by atoms with E-state index in [1.807, 2.05) is 55.5 Å². The maximum Gasteiger partial charge on any atom is 0.234 e. The number of benzene rings is 2. The fourth-order valence-corrected chi connectivity index (χ4v) is 3.02. The van der Waals surface area contributed by atoms with Crippen LogP contribution in [0.5, 0.6) is 0 Å². The highest BCUT2D eigenvalue weighted by Crippen LogP contribution is 2.27. The molecule has 0 saturated heterocycles. The lowest BCUT2D eigenvalue weighted by Gasteiger charge is -2.09. The Morgan fingerprint density at radius 1 is 1.22 bits per heavy atom. The molecule has 0 radical (unpaired) electrons. The zero-order chi connectivity index (χ0) is 16.2. The lowest BCUT2D eigenvalue weighted by molar-refractivity contribution is -0.113. The van der Waals surface area contributed by atoms with E-state index in [1.54, 1.807) is 11.8 Å². The number of amides is 1. The molecule has 0 spiro atoms. The molecule has 3 aromatic rings. The highest BCUT2D eigenvalue weighted by atomic mass is 32.2. The van der Waals surface area contributed by atoms with Crippen LogP contribution in [0.1, 0.15) is 23.6 Å². The summed E-state index contributed by atoms with van der Waals surface area (Å²) >= 11 is 1.57. The van der Waals surface area contributed by atoms with Gasteiger partial charge in [0.2, 0.25) is 5.91 Å². The number of aromatic nitrogens is 2. The zero-order valence-electron chi connectivity index (χ0n) is 13.2. The fraction of sp³-hybridized carbons (Fsp3) is 0.222. The fourth-order valence-electron chi connectivity index (χ4n) is 2.28. The third-order valence-electron chi connectivity index (χ3n) is 3.59. The number of carbonyl (C=O) groups is 1. The number of fused-ring (bicyclic) bond motifs is 1. The largest absolute Gasteiger partial charge is 0.341 e. The number of hydrogen-bond acceptors (Lipinski definition) is 3. The summed E-state index contributed by atoms with van der Waals surface area (Å²) < 4.78 is 0. The van der Waals surface area contributed by atoms with Crippen LogP contribution in [-0.2, 0) is 4.79 Å². The Morgan fingerprint density at radius 2 is 1.96 bits per heavy atom. The van der Waals surface area contributed by atoms with Gasteiger partial charge in [-0.25, -0.2) is 4.98 Å². The van der Waals surface area contributed by atoms with Gasteiger partial charge in [-0.1, -0.05) is 29.8 Å². The molecule has 2 aromatic carbocycles. The van der Waals surface area contributed by atoms with E-state index in [1.165, 1.54) is 5.56 Å². The Hall–Kier alpha value is -2.27. The van der Waals surface area contributed by atoms with E-state index >= 15 is 0 Å². The lowest BCUT2D eigenvalue weighted by Crippen LogP contribution is -2.14. The van der Waals surface area contributed by atoms with Crippen molar-refractivity contribution >= 4 is 34.4 Å². The van der Waals surface area contributed by atoms with Crippen LogP contribution in [0, 0.1) is 6.92 Å². The van der Waals surface area contributed by atoms with E-state index in [2.05, 4.69) is 22.2 Å². The first-order chi connectivity index (χ1) is 11.1. The molecule has 118 valence electrons. The number of nitrogens with zero attached hydrogens (tertiary/aromatic N) is 1. The minimum Gasteiger partial charge on any atom is -0.341 e. The van der Waals surface area contributed by atoms with Gasteiger partial charge in [0.1, 0.15) is 5.82 Å². The number of para-hydroxylation sites is 2. The smallest absolute Gasteiger partial charge is 0.234 e. The quantitative estimate of drug-likeness (QED) is 0.735. The number of aryl methyl sites for hydroxylation is 1. The van der Waals surface area contributed by atoms with Crippen molar-refractivity contribution in [1.29, 1.82) is 0 Å². The van der Waals surface area contributed by atoms with Crippen LogP contribution in [0.15, 0.2) is 48.5 Å². The Bertz CT molecular complexity index is 778. The molecule has 1 atom stereocenters. The van der Waals surface area contributed by atoms with Crippen LogP contribution in [0.3, 0.4) is 0 Å². The monoisotopic (exact) mass is 325 g/mol. The number of nitrogens with one attached hydrogen (secondary N) is 2.